The second kappa shape index (κ2) is 9.00. The van der Waals surface area contributed by atoms with Crippen LogP contribution in [0.25, 0.3) is 27.6 Å². The number of hydrogen-bond donors (Lipinski definition) is 2. The number of H-pyrrole nitrogens is 1. The highest BCUT2D eigenvalue weighted by atomic mass is 35.5. The van der Waals surface area contributed by atoms with Gasteiger partial charge in [0.2, 0.25) is 5.91 Å². The van der Waals surface area contributed by atoms with Crippen LogP contribution in [0.4, 0.5) is 5.69 Å². The van der Waals surface area contributed by atoms with Gasteiger partial charge in [-0.05, 0) is 55.3 Å². The lowest BCUT2D eigenvalue weighted by molar-refractivity contribution is -0.113. The standard InChI is InChI=1S/C26H21ClN4O2S/c1-15-10-11-16(2)21(12-15)31-25(33)24-23(19-8-3-4-9-20(19)29-24)30-26(31)34-14-22(32)28-18-7-5-6-17(27)13-18/h3-13,29H,14H2,1-2H3,(H,28,32). The molecule has 0 saturated carbocycles. The molecule has 2 heterocycles. The average Bonchev–Trinajstić information content (AvgIpc) is 3.19. The predicted octanol–water partition coefficient (Wildman–Crippen LogP) is 5.87. The quantitative estimate of drug-likeness (QED) is 0.239. The highest BCUT2D eigenvalue weighted by molar-refractivity contribution is 7.99. The lowest BCUT2D eigenvalue weighted by atomic mass is 10.1. The summed E-state index contributed by atoms with van der Waals surface area (Å²) in [4.78, 5) is 34.5. The van der Waals surface area contributed by atoms with Gasteiger partial charge in [0.1, 0.15) is 11.0 Å². The zero-order valence-corrected chi connectivity index (χ0v) is 20.1. The number of amides is 1. The number of thioether (sulfide) groups is 1. The fourth-order valence-corrected chi connectivity index (χ4v) is 4.89. The van der Waals surface area contributed by atoms with E-state index < -0.39 is 0 Å². The van der Waals surface area contributed by atoms with Gasteiger partial charge in [-0.3, -0.25) is 14.2 Å². The Kier molecular flexibility index (Phi) is 5.89. The van der Waals surface area contributed by atoms with E-state index in [0.717, 1.165) is 27.7 Å². The predicted molar refractivity (Wildman–Crippen MR) is 139 cm³/mol. The van der Waals surface area contributed by atoms with Gasteiger partial charge in [-0.15, -0.1) is 0 Å². The number of fused-ring (bicyclic) bond motifs is 3. The first-order valence-electron chi connectivity index (χ1n) is 10.7. The van der Waals surface area contributed by atoms with E-state index in [9.17, 15) is 9.59 Å². The lowest BCUT2D eigenvalue weighted by Crippen LogP contribution is -2.23. The number of nitrogens with one attached hydrogen (secondary N) is 2. The molecule has 0 atom stereocenters. The Bertz CT molecular complexity index is 1620. The minimum atomic E-state index is -0.215. The SMILES string of the molecule is Cc1ccc(C)c(-n2c(SCC(=O)Nc3cccc(Cl)c3)nc3c([nH]c4ccccc43)c2=O)c1. The van der Waals surface area contributed by atoms with Crippen LogP contribution in [0.2, 0.25) is 5.02 Å². The van der Waals surface area contributed by atoms with Crippen LogP contribution in [-0.2, 0) is 4.79 Å². The first-order chi connectivity index (χ1) is 16.4. The Labute approximate surface area is 205 Å². The van der Waals surface area contributed by atoms with Crippen molar-refractivity contribution in [2.24, 2.45) is 0 Å². The van der Waals surface area contributed by atoms with Gasteiger partial charge in [0.05, 0.1) is 11.4 Å². The van der Waals surface area contributed by atoms with E-state index in [2.05, 4.69) is 10.3 Å². The maximum Gasteiger partial charge on any atom is 0.283 e. The summed E-state index contributed by atoms with van der Waals surface area (Å²) >= 11 is 7.24. The molecule has 5 rings (SSSR count). The number of para-hydroxylation sites is 1. The van der Waals surface area contributed by atoms with Crippen molar-refractivity contribution < 1.29 is 4.79 Å². The number of aryl methyl sites for hydroxylation is 2. The molecular weight excluding hydrogens is 468 g/mol. The topological polar surface area (TPSA) is 79.8 Å². The first kappa shape index (κ1) is 22.3. The van der Waals surface area contributed by atoms with Crippen LogP contribution in [0.3, 0.4) is 0 Å². The molecule has 0 unspecified atom stereocenters. The summed E-state index contributed by atoms with van der Waals surface area (Å²) in [5, 5.41) is 4.71. The summed E-state index contributed by atoms with van der Waals surface area (Å²) in [5.74, 6) is -0.134. The van der Waals surface area contributed by atoms with Gasteiger partial charge in [0.25, 0.3) is 5.56 Å². The molecule has 170 valence electrons. The van der Waals surface area contributed by atoms with E-state index in [1.165, 1.54) is 11.8 Å². The largest absolute Gasteiger partial charge is 0.349 e. The van der Waals surface area contributed by atoms with Crippen LogP contribution >= 0.6 is 23.4 Å². The highest BCUT2D eigenvalue weighted by Gasteiger charge is 2.19. The summed E-state index contributed by atoms with van der Waals surface area (Å²) in [6.07, 6.45) is 0. The molecule has 2 N–H and O–H groups in total. The maximum absolute atomic E-state index is 13.7. The van der Waals surface area contributed by atoms with E-state index in [-0.39, 0.29) is 17.2 Å². The number of hydrogen-bond acceptors (Lipinski definition) is 4. The molecule has 0 aliphatic carbocycles. The number of carbonyl (C=O) groups excluding carboxylic acids is 1. The van der Waals surface area contributed by atoms with Gasteiger partial charge in [0, 0.05) is 21.6 Å². The number of aromatic amines is 1. The minimum Gasteiger partial charge on any atom is -0.349 e. The smallest absolute Gasteiger partial charge is 0.283 e. The summed E-state index contributed by atoms with van der Waals surface area (Å²) < 4.78 is 1.59. The Balaban J connectivity index is 1.60. The summed E-state index contributed by atoms with van der Waals surface area (Å²) in [6, 6.07) is 20.6. The van der Waals surface area contributed by atoms with Crippen LogP contribution in [0.1, 0.15) is 11.1 Å². The molecule has 0 aliphatic rings. The molecule has 0 bridgehead atoms. The molecule has 5 aromatic rings. The Morgan fingerprint density at radius 3 is 2.74 bits per heavy atom. The lowest BCUT2D eigenvalue weighted by Gasteiger charge is -2.15. The Hall–Kier alpha value is -3.55. The number of aromatic nitrogens is 3. The molecule has 0 saturated heterocycles. The van der Waals surface area contributed by atoms with Gasteiger partial charge in [-0.2, -0.15) is 0 Å². The molecule has 34 heavy (non-hydrogen) atoms. The van der Waals surface area contributed by atoms with Crippen molar-refractivity contribution in [1.82, 2.24) is 14.5 Å². The van der Waals surface area contributed by atoms with Crippen LogP contribution in [0.5, 0.6) is 0 Å². The van der Waals surface area contributed by atoms with E-state index in [4.69, 9.17) is 16.6 Å². The van der Waals surface area contributed by atoms with E-state index in [1.807, 2.05) is 56.3 Å². The minimum absolute atomic E-state index is 0.0810. The third kappa shape index (κ3) is 4.20. The molecule has 1 amide bonds. The monoisotopic (exact) mass is 488 g/mol. The van der Waals surface area contributed by atoms with E-state index in [1.54, 1.807) is 28.8 Å². The van der Waals surface area contributed by atoms with Crippen molar-refractivity contribution in [3.63, 3.8) is 0 Å². The molecule has 0 aliphatic heterocycles. The number of carbonyl (C=O) groups is 1. The second-order valence-corrected chi connectivity index (χ2v) is 9.45. The van der Waals surface area contributed by atoms with Gasteiger partial charge in [-0.25, -0.2) is 4.98 Å². The van der Waals surface area contributed by atoms with E-state index >= 15 is 0 Å². The zero-order chi connectivity index (χ0) is 23.8. The zero-order valence-electron chi connectivity index (χ0n) is 18.6. The number of rotatable bonds is 5. The van der Waals surface area contributed by atoms with Crippen molar-refractivity contribution in [3.05, 3.63) is 93.2 Å². The Morgan fingerprint density at radius 1 is 1.09 bits per heavy atom. The molecule has 0 radical (unpaired) electrons. The van der Waals surface area contributed by atoms with E-state index in [0.29, 0.717) is 26.9 Å². The van der Waals surface area contributed by atoms with Crippen LogP contribution in [0.15, 0.2) is 76.7 Å². The second-order valence-electron chi connectivity index (χ2n) is 8.07. The molecule has 3 aromatic carbocycles. The van der Waals surface area contributed by atoms with Crippen molar-refractivity contribution in [2.45, 2.75) is 19.0 Å². The third-order valence-corrected chi connectivity index (χ3v) is 6.71. The average molecular weight is 489 g/mol. The number of anilines is 1. The van der Waals surface area contributed by atoms with Crippen LogP contribution in [-0.4, -0.2) is 26.2 Å². The van der Waals surface area contributed by atoms with Gasteiger partial charge >= 0.3 is 0 Å². The normalized spacial score (nSPS) is 11.3. The summed E-state index contributed by atoms with van der Waals surface area (Å²) in [5.41, 5.74) is 5.01. The molecule has 8 heteroatoms. The van der Waals surface area contributed by atoms with Crippen LogP contribution < -0.4 is 10.9 Å². The van der Waals surface area contributed by atoms with Crippen molar-refractivity contribution in [1.29, 1.82) is 0 Å². The fourth-order valence-electron chi connectivity index (χ4n) is 3.91. The molecule has 0 fully saturated rings. The van der Waals surface area contributed by atoms with Gasteiger partial charge in [-0.1, -0.05) is 59.8 Å². The van der Waals surface area contributed by atoms with Crippen LogP contribution in [0, 0.1) is 13.8 Å². The maximum atomic E-state index is 13.7. The van der Waals surface area contributed by atoms with Crippen molar-refractivity contribution in [2.75, 3.05) is 11.1 Å². The summed E-state index contributed by atoms with van der Waals surface area (Å²) in [6.45, 7) is 3.94. The number of benzene rings is 3. The third-order valence-electron chi connectivity index (χ3n) is 5.54. The van der Waals surface area contributed by atoms with Gasteiger partial charge in [0.15, 0.2) is 5.16 Å². The van der Waals surface area contributed by atoms with Crippen molar-refractivity contribution >= 4 is 56.9 Å². The molecule has 0 spiro atoms. The summed E-state index contributed by atoms with van der Waals surface area (Å²) in [7, 11) is 0. The Morgan fingerprint density at radius 2 is 1.91 bits per heavy atom. The van der Waals surface area contributed by atoms with Crippen molar-refractivity contribution in [3.8, 4) is 5.69 Å². The number of halogens is 1. The molecular formula is C26H21ClN4O2S. The number of nitrogens with zero attached hydrogens (tertiary/aromatic N) is 2. The first-order valence-corrected chi connectivity index (χ1v) is 12.1. The van der Waals surface area contributed by atoms with Gasteiger partial charge < -0.3 is 10.3 Å². The molecule has 6 nitrogen and oxygen atoms in total. The highest BCUT2D eigenvalue weighted by Crippen LogP contribution is 2.28. The molecule has 2 aromatic heterocycles. The fraction of sp³-hybridized carbons (Fsp3) is 0.115.